The number of nitrogens with one attached hydrogen (secondary N) is 3. The second-order valence-electron chi connectivity index (χ2n) is 9.51. The molecule has 0 fully saturated rings. The summed E-state index contributed by atoms with van der Waals surface area (Å²) in [6.45, 7) is 3.20. The molecule has 0 unspecified atom stereocenters. The molecular weight excluding hydrogens is 630 g/mol. The van der Waals surface area contributed by atoms with E-state index in [-0.39, 0.29) is 51.9 Å². The van der Waals surface area contributed by atoms with E-state index in [1.165, 1.54) is 25.5 Å². The highest BCUT2D eigenvalue weighted by Crippen LogP contribution is 2.36. The maximum absolute atomic E-state index is 13.1. The second-order valence-corrected chi connectivity index (χ2v) is 10.3. The van der Waals surface area contributed by atoms with E-state index in [1.54, 1.807) is 56.3 Å². The molecule has 3 amide bonds. The Kier molecular flexibility index (Phi) is 11.2. The maximum atomic E-state index is 13.1. The van der Waals surface area contributed by atoms with Gasteiger partial charge < -0.3 is 29.6 Å². The molecule has 0 bridgehead atoms. The number of hydrazone groups is 1. The molecule has 0 radical (unpaired) electrons. The molecule has 236 valence electrons. The van der Waals surface area contributed by atoms with Crippen LogP contribution in [0.3, 0.4) is 0 Å². The number of ether oxygens (including phenoxy) is 4. The normalized spacial score (nSPS) is 14.4. The van der Waals surface area contributed by atoms with E-state index in [2.05, 4.69) is 21.2 Å². The molecular formula is C31H29Cl2FN4O7. The van der Waals surface area contributed by atoms with E-state index < -0.39 is 30.6 Å². The van der Waals surface area contributed by atoms with Gasteiger partial charge in [-0.25, -0.2) is 19.4 Å². The second kappa shape index (κ2) is 15.3. The fourth-order valence-corrected chi connectivity index (χ4v) is 4.90. The summed E-state index contributed by atoms with van der Waals surface area (Å²) in [6.07, 6.45) is 1.35. The van der Waals surface area contributed by atoms with Crippen LogP contribution in [0.1, 0.15) is 36.6 Å². The van der Waals surface area contributed by atoms with Gasteiger partial charge in [-0.15, -0.1) is 0 Å². The van der Waals surface area contributed by atoms with Crippen LogP contribution in [0.4, 0.5) is 9.18 Å². The van der Waals surface area contributed by atoms with Gasteiger partial charge in [-0.3, -0.25) is 4.79 Å². The number of allylic oxidation sites excluding steroid dienone is 1. The van der Waals surface area contributed by atoms with Crippen molar-refractivity contribution < 1.29 is 37.7 Å². The van der Waals surface area contributed by atoms with Crippen molar-refractivity contribution in [1.29, 1.82) is 0 Å². The first-order valence-electron chi connectivity index (χ1n) is 13.5. The molecule has 11 nitrogen and oxygen atoms in total. The lowest BCUT2D eigenvalue weighted by atomic mass is 9.95. The van der Waals surface area contributed by atoms with Crippen molar-refractivity contribution in [3.05, 3.63) is 98.4 Å². The monoisotopic (exact) mass is 658 g/mol. The largest absolute Gasteiger partial charge is 0.493 e. The number of amides is 3. The zero-order chi connectivity index (χ0) is 32.5. The van der Waals surface area contributed by atoms with Crippen LogP contribution in [0.2, 0.25) is 10.0 Å². The van der Waals surface area contributed by atoms with Crippen molar-refractivity contribution in [2.45, 2.75) is 26.5 Å². The zero-order valence-electron chi connectivity index (χ0n) is 24.4. The highest BCUT2D eigenvalue weighted by atomic mass is 35.5. The number of hydrogen-bond acceptors (Lipinski definition) is 8. The Balaban J connectivity index is 1.35. The van der Waals surface area contributed by atoms with Crippen molar-refractivity contribution in [3.8, 4) is 17.2 Å². The summed E-state index contributed by atoms with van der Waals surface area (Å²) >= 11 is 12.7. The Hall–Kier alpha value is -4.81. The minimum absolute atomic E-state index is 0.136. The first kappa shape index (κ1) is 33.1. The number of halogens is 3. The third kappa shape index (κ3) is 8.64. The van der Waals surface area contributed by atoms with Gasteiger partial charge in [0, 0.05) is 5.70 Å². The average Bonchev–Trinajstić information content (AvgIpc) is 3.00. The number of methoxy groups -OCH3 is 1. The fourth-order valence-electron chi connectivity index (χ4n) is 4.29. The lowest BCUT2D eigenvalue weighted by molar-refractivity contribution is -0.139. The lowest BCUT2D eigenvalue weighted by Crippen LogP contribution is -2.45. The van der Waals surface area contributed by atoms with E-state index in [9.17, 15) is 18.8 Å². The molecule has 1 heterocycles. The summed E-state index contributed by atoms with van der Waals surface area (Å²) in [5, 5.41) is 9.65. The van der Waals surface area contributed by atoms with Gasteiger partial charge in [-0.05, 0) is 66.9 Å². The van der Waals surface area contributed by atoms with Gasteiger partial charge >= 0.3 is 12.0 Å². The molecule has 3 N–H and O–H groups in total. The van der Waals surface area contributed by atoms with E-state index in [1.807, 2.05) is 0 Å². The van der Waals surface area contributed by atoms with Crippen LogP contribution in [-0.2, 0) is 20.9 Å². The van der Waals surface area contributed by atoms with Crippen molar-refractivity contribution in [2.75, 3.05) is 20.3 Å². The highest BCUT2D eigenvalue weighted by Gasteiger charge is 2.32. The van der Waals surface area contributed by atoms with Crippen LogP contribution < -0.4 is 30.3 Å². The van der Waals surface area contributed by atoms with Gasteiger partial charge in [0.1, 0.15) is 12.4 Å². The predicted molar refractivity (Wildman–Crippen MR) is 165 cm³/mol. The van der Waals surface area contributed by atoms with Gasteiger partial charge in [0.05, 0.1) is 41.6 Å². The summed E-state index contributed by atoms with van der Waals surface area (Å²) < 4.78 is 35.0. The summed E-state index contributed by atoms with van der Waals surface area (Å²) in [6, 6.07) is 12.5. The third-order valence-corrected chi connectivity index (χ3v) is 6.93. The molecule has 3 aromatic carbocycles. The number of esters is 1. The molecule has 0 saturated carbocycles. The first-order chi connectivity index (χ1) is 21.6. The minimum atomic E-state index is -0.796. The summed E-state index contributed by atoms with van der Waals surface area (Å²) in [7, 11) is 1.42. The van der Waals surface area contributed by atoms with Gasteiger partial charge in [0.2, 0.25) is 0 Å². The Morgan fingerprint density at radius 2 is 1.76 bits per heavy atom. The van der Waals surface area contributed by atoms with Gasteiger partial charge in [0.25, 0.3) is 5.91 Å². The topological polar surface area (TPSA) is 137 Å². The Morgan fingerprint density at radius 3 is 2.42 bits per heavy atom. The molecule has 14 heteroatoms. The molecule has 3 aromatic rings. The number of hydrogen-bond donors (Lipinski definition) is 3. The van der Waals surface area contributed by atoms with Crippen molar-refractivity contribution >= 4 is 47.3 Å². The van der Waals surface area contributed by atoms with E-state index in [4.69, 9.17) is 42.1 Å². The number of nitrogens with zero attached hydrogens (tertiary/aromatic N) is 1. The van der Waals surface area contributed by atoms with Crippen LogP contribution in [0.15, 0.2) is 71.0 Å². The molecule has 45 heavy (non-hydrogen) atoms. The van der Waals surface area contributed by atoms with E-state index >= 15 is 0 Å². The SMILES string of the molecule is CCOC(=O)C1=C(C)NC(=O)N[C@@H]1c1ccc(OCC(=O)N/N=C\c2cc(Cl)c(OCc3ccc(F)cc3)c(Cl)c2)c(OC)c1. The number of carbonyl (C=O) groups excluding carboxylic acids is 3. The Morgan fingerprint density at radius 1 is 1.04 bits per heavy atom. The van der Waals surface area contributed by atoms with Crippen molar-refractivity contribution in [3.63, 3.8) is 0 Å². The van der Waals surface area contributed by atoms with Gasteiger partial charge in [-0.2, -0.15) is 5.10 Å². The zero-order valence-corrected chi connectivity index (χ0v) is 25.9. The molecule has 1 aliphatic rings. The van der Waals surface area contributed by atoms with Crippen LogP contribution in [0.25, 0.3) is 0 Å². The average molecular weight is 659 g/mol. The van der Waals surface area contributed by atoms with Gasteiger partial charge in [-0.1, -0.05) is 41.4 Å². The van der Waals surface area contributed by atoms with Crippen molar-refractivity contribution in [1.82, 2.24) is 16.1 Å². The highest BCUT2D eigenvalue weighted by molar-refractivity contribution is 6.37. The standard InChI is InChI=1S/C31H29Cl2FN4O7/c1-4-43-30(40)27-17(2)36-31(41)37-28(27)20-7-10-24(25(13-20)42-3)44-16-26(39)38-35-14-19-11-22(32)29(23(33)12-19)45-15-18-5-8-21(34)9-6-18/h5-14,28H,4,15-16H2,1-3H3,(H,38,39)(H2,36,37,41)/b35-14-/t28-/m1/s1. The molecule has 1 atom stereocenters. The van der Waals surface area contributed by atoms with E-state index in [0.29, 0.717) is 16.8 Å². The van der Waals surface area contributed by atoms with Crippen LogP contribution in [0.5, 0.6) is 17.2 Å². The number of urea groups is 1. The molecule has 0 aromatic heterocycles. The molecule has 4 rings (SSSR count). The van der Waals surface area contributed by atoms with Crippen LogP contribution in [-0.4, -0.2) is 44.4 Å². The predicted octanol–water partition coefficient (Wildman–Crippen LogP) is 5.44. The number of rotatable bonds is 12. The minimum Gasteiger partial charge on any atom is -0.493 e. The van der Waals surface area contributed by atoms with Crippen molar-refractivity contribution in [2.24, 2.45) is 5.10 Å². The lowest BCUT2D eigenvalue weighted by Gasteiger charge is -2.28. The van der Waals surface area contributed by atoms with Gasteiger partial charge in [0.15, 0.2) is 23.9 Å². The van der Waals surface area contributed by atoms with E-state index in [0.717, 1.165) is 5.56 Å². The summed E-state index contributed by atoms with van der Waals surface area (Å²) in [5.74, 6) is -0.724. The quantitative estimate of drug-likeness (QED) is 0.134. The molecule has 0 spiro atoms. The molecule has 0 saturated heterocycles. The molecule has 0 aliphatic carbocycles. The number of carbonyl (C=O) groups is 3. The molecule has 1 aliphatic heterocycles. The number of benzene rings is 3. The smallest absolute Gasteiger partial charge is 0.338 e. The third-order valence-electron chi connectivity index (χ3n) is 6.36. The van der Waals surface area contributed by atoms with Crippen LogP contribution >= 0.6 is 23.2 Å². The summed E-state index contributed by atoms with van der Waals surface area (Å²) in [4.78, 5) is 37.1. The fraction of sp³-hybridized carbons (Fsp3) is 0.226. The Labute approximate surface area is 268 Å². The Bertz CT molecular complexity index is 1620. The van der Waals surface area contributed by atoms with Crippen LogP contribution in [0, 0.1) is 5.82 Å². The maximum Gasteiger partial charge on any atom is 0.338 e. The first-order valence-corrected chi connectivity index (χ1v) is 14.3. The summed E-state index contributed by atoms with van der Waals surface area (Å²) in [5.41, 5.74) is 4.74.